The van der Waals surface area contributed by atoms with Gasteiger partial charge in [0, 0.05) is 37.6 Å². The van der Waals surface area contributed by atoms with Crippen LogP contribution >= 0.6 is 15.9 Å². The number of anilines is 3. The Hall–Kier alpha value is -2.02. The predicted octanol–water partition coefficient (Wildman–Crippen LogP) is 1.44. The second-order valence-corrected chi connectivity index (χ2v) is 5.73. The van der Waals surface area contributed by atoms with Gasteiger partial charge in [0.2, 0.25) is 0 Å². The van der Waals surface area contributed by atoms with Crippen molar-refractivity contribution in [1.29, 1.82) is 0 Å². The summed E-state index contributed by atoms with van der Waals surface area (Å²) in [4.78, 5) is 22.8. The Labute approximate surface area is 130 Å². The topological polar surface area (TPSA) is 78.2 Å². The number of rotatable bonds is 2. The van der Waals surface area contributed by atoms with Gasteiger partial charge in [-0.05, 0) is 34.1 Å². The quantitative estimate of drug-likeness (QED) is 0.802. The first-order valence-corrected chi connectivity index (χ1v) is 7.53. The Bertz CT molecular complexity index is 694. The van der Waals surface area contributed by atoms with Crippen LogP contribution in [0, 0.1) is 0 Å². The van der Waals surface area contributed by atoms with Crippen molar-refractivity contribution in [3.8, 4) is 0 Å². The van der Waals surface area contributed by atoms with E-state index < -0.39 is 0 Å². The normalized spacial score (nSPS) is 15.3. The van der Waals surface area contributed by atoms with Crippen molar-refractivity contribution in [3.63, 3.8) is 0 Å². The lowest BCUT2D eigenvalue weighted by atomic mass is 10.2. The third-order valence-electron chi connectivity index (χ3n) is 3.59. The van der Waals surface area contributed by atoms with E-state index in [9.17, 15) is 4.79 Å². The van der Waals surface area contributed by atoms with Gasteiger partial charge in [-0.25, -0.2) is 4.98 Å². The van der Waals surface area contributed by atoms with E-state index in [1.165, 1.54) is 6.33 Å². The molecule has 21 heavy (non-hydrogen) atoms. The van der Waals surface area contributed by atoms with Gasteiger partial charge in [-0.3, -0.25) is 4.79 Å². The molecule has 1 aromatic heterocycles. The first kappa shape index (κ1) is 13.9. The van der Waals surface area contributed by atoms with Crippen LogP contribution in [-0.2, 0) is 0 Å². The summed E-state index contributed by atoms with van der Waals surface area (Å²) in [6.45, 7) is 3.35. The number of hydrogen-bond donors (Lipinski definition) is 2. The number of aromatic amines is 1. The van der Waals surface area contributed by atoms with Crippen LogP contribution < -0.4 is 21.1 Å². The first-order chi connectivity index (χ1) is 10.1. The van der Waals surface area contributed by atoms with Gasteiger partial charge in [0.25, 0.3) is 5.56 Å². The van der Waals surface area contributed by atoms with Gasteiger partial charge < -0.3 is 20.5 Å². The van der Waals surface area contributed by atoms with E-state index in [-0.39, 0.29) is 5.56 Å². The Kier molecular flexibility index (Phi) is 3.83. The van der Waals surface area contributed by atoms with Gasteiger partial charge >= 0.3 is 0 Å². The predicted molar refractivity (Wildman–Crippen MR) is 87.8 cm³/mol. The molecule has 1 aliphatic rings. The highest BCUT2D eigenvalue weighted by atomic mass is 79.9. The molecular formula is C14H16BrN5O. The fourth-order valence-electron chi connectivity index (χ4n) is 2.49. The summed E-state index contributed by atoms with van der Waals surface area (Å²) >= 11 is 3.31. The van der Waals surface area contributed by atoms with Crippen molar-refractivity contribution in [2.24, 2.45) is 0 Å². The van der Waals surface area contributed by atoms with Gasteiger partial charge in [0.15, 0.2) is 0 Å². The van der Waals surface area contributed by atoms with Crippen LogP contribution in [0.1, 0.15) is 0 Å². The Balaban J connectivity index is 1.73. The Morgan fingerprint density at radius 3 is 2.62 bits per heavy atom. The van der Waals surface area contributed by atoms with Crippen LogP contribution in [0.15, 0.2) is 39.9 Å². The Morgan fingerprint density at radius 2 is 1.90 bits per heavy atom. The molecule has 7 heteroatoms. The SMILES string of the molecule is Nc1cccc(N2CCN(c3nc[nH]c(=O)c3Br)CC2)c1. The maximum absolute atomic E-state index is 11.6. The monoisotopic (exact) mass is 349 g/mol. The molecule has 1 saturated heterocycles. The van der Waals surface area contributed by atoms with E-state index in [0.29, 0.717) is 10.3 Å². The molecule has 0 bridgehead atoms. The van der Waals surface area contributed by atoms with Gasteiger partial charge in [0.1, 0.15) is 10.3 Å². The Morgan fingerprint density at radius 1 is 1.19 bits per heavy atom. The summed E-state index contributed by atoms with van der Waals surface area (Å²) in [6, 6.07) is 7.90. The summed E-state index contributed by atoms with van der Waals surface area (Å²) in [5, 5.41) is 0. The third-order valence-corrected chi connectivity index (χ3v) is 4.31. The summed E-state index contributed by atoms with van der Waals surface area (Å²) in [7, 11) is 0. The molecule has 0 aliphatic carbocycles. The third kappa shape index (κ3) is 2.87. The fourth-order valence-corrected chi connectivity index (χ4v) is 2.96. The highest BCUT2D eigenvalue weighted by Crippen LogP contribution is 2.23. The van der Waals surface area contributed by atoms with E-state index in [4.69, 9.17) is 5.73 Å². The van der Waals surface area contributed by atoms with Crippen LogP contribution in [0.5, 0.6) is 0 Å². The molecule has 2 heterocycles. The van der Waals surface area contributed by atoms with E-state index in [1.807, 2.05) is 18.2 Å². The highest BCUT2D eigenvalue weighted by molar-refractivity contribution is 9.10. The molecule has 3 rings (SSSR count). The van der Waals surface area contributed by atoms with Gasteiger partial charge in [-0.15, -0.1) is 0 Å². The molecule has 0 unspecified atom stereocenters. The molecule has 110 valence electrons. The largest absolute Gasteiger partial charge is 0.399 e. The molecule has 1 fully saturated rings. The van der Waals surface area contributed by atoms with Crippen LogP contribution in [0.4, 0.5) is 17.2 Å². The molecule has 3 N–H and O–H groups in total. The maximum Gasteiger partial charge on any atom is 0.267 e. The lowest BCUT2D eigenvalue weighted by Crippen LogP contribution is -2.47. The first-order valence-electron chi connectivity index (χ1n) is 6.74. The lowest BCUT2D eigenvalue weighted by Gasteiger charge is -2.37. The zero-order valence-electron chi connectivity index (χ0n) is 11.4. The van der Waals surface area contributed by atoms with Gasteiger partial charge in [-0.2, -0.15) is 0 Å². The number of nitrogens with zero attached hydrogens (tertiary/aromatic N) is 3. The summed E-state index contributed by atoms with van der Waals surface area (Å²) in [5.41, 5.74) is 7.58. The molecule has 1 aromatic carbocycles. The number of hydrogen-bond acceptors (Lipinski definition) is 5. The van der Waals surface area contributed by atoms with Crippen LogP contribution in [0.2, 0.25) is 0 Å². The van der Waals surface area contributed by atoms with Crippen molar-refractivity contribution in [1.82, 2.24) is 9.97 Å². The summed E-state index contributed by atoms with van der Waals surface area (Å²) < 4.78 is 0.488. The van der Waals surface area contributed by atoms with Crippen LogP contribution in [0.25, 0.3) is 0 Å². The fraction of sp³-hybridized carbons (Fsp3) is 0.286. The van der Waals surface area contributed by atoms with Crippen LogP contribution in [0.3, 0.4) is 0 Å². The average Bonchev–Trinajstić information content (AvgIpc) is 2.50. The molecular weight excluding hydrogens is 334 g/mol. The maximum atomic E-state index is 11.6. The molecule has 1 aliphatic heterocycles. The van der Waals surface area contributed by atoms with E-state index in [2.05, 4.69) is 41.8 Å². The smallest absolute Gasteiger partial charge is 0.267 e. The molecule has 0 spiro atoms. The minimum Gasteiger partial charge on any atom is -0.399 e. The van der Waals surface area contributed by atoms with Crippen molar-refractivity contribution in [2.45, 2.75) is 0 Å². The molecule has 0 radical (unpaired) electrons. The van der Waals surface area contributed by atoms with E-state index in [1.54, 1.807) is 0 Å². The van der Waals surface area contributed by atoms with Crippen molar-refractivity contribution < 1.29 is 0 Å². The molecule has 0 saturated carbocycles. The second-order valence-electron chi connectivity index (χ2n) is 4.94. The number of H-pyrrole nitrogens is 1. The number of nitrogen functional groups attached to an aromatic ring is 1. The zero-order valence-corrected chi connectivity index (χ0v) is 13.0. The van der Waals surface area contributed by atoms with Crippen molar-refractivity contribution >= 4 is 33.1 Å². The average molecular weight is 350 g/mol. The minimum atomic E-state index is -0.154. The molecule has 2 aromatic rings. The number of aromatic nitrogens is 2. The minimum absolute atomic E-state index is 0.154. The highest BCUT2D eigenvalue weighted by Gasteiger charge is 2.21. The van der Waals surface area contributed by atoms with E-state index in [0.717, 1.165) is 37.6 Å². The second kappa shape index (κ2) is 5.77. The molecule has 0 amide bonds. The lowest BCUT2D eigenvalue weighted by molar-refractivity contribution is 0.645. The number of piperazine rings is 1. The number of nitrogens with two attached hydrogens (primary N) is 1. The number of nitrogens with one attached hydrogen (secondary N) is 1. The van der Waals surface area contributed by atoms with E-state index >= 15 is 0 Å². The molecule has 0 atom stereocenters. The van der Waals surface area contributed by atoms with Gasteiger partial charge in [0.05, 0.1) is 6.33 Å². The van der Waals surface area contributed by atoms with Crippen molar-refractivity contribution in [2.75, 3.05) is 41.7 Å². The number of halogens is 1. The summed E-state index contributed by atoms with van der Waals surface area (Å²) in [5.74, 6) is 0.700. The number of benzene rings is 1. The standard InChI is InChI=1S/C14H16BrN5O/c15-12-13(17-9-18-14(12)21)20-6-4-19(5-7-20)11-3-1-2-10(16)8-11/h1-3,8-9H,4-7,16H2,(H,17,18,21). The zero-order chi connectivity index (χ0) is 14.8. The van der Waals surface area contributed by atoms with Crippen molar-refractivity contribution in [3.05, 3.63) is 45.4 Å². The molecule has 6 nitrogen and oxygen atoms in total. The summed E-state index contributed by atoms with van der Waals surface area (Å²) in [6.07, 6.45) is 1.44. The van der Waals surface area contributed by atoms with Gasteiger partial charge in [-0.1, -0.05) is 6.07 Å². The van der Waals surface area contributed by atoms with Crippen LogP contribution in [-0.4, -0.2) is 36.1 Å².